The molecule has 0 spiro atoms. The fraction of sp³-hybridized carbons (Fsp3) is 0.524. The van der Waals surface area contributed by atoms with Crippen molar-refractivity contribution in [3.8, 4) is 5.75 Å². The minimum atomic E-state index is -0.215. The van der Waals surface area contributed by atoms with Gasteiger partial charge in [0.1, 0.15) is 5.75 Å². The number of ether oxygens (including phenoxy) is 2. The van der Waals surface area contributed by atoms with Crippen molar-refractivity contribution in [2.75, 3.05) is 20.3 Å². The first-order valence-electron chi connectivity index (χ1n) is 9.62. The first-order chi connectivity index (χ1) is 13.0. The molecule has 0 unspecified atom stereocenters. The Labute approximate surface area is 161 Å². The Kier molecular flexibility index (Phi) is 6.16. The van der Waals surface area contributed by atoms with Crippen molar-refractivity contribution >= 4 is 5.91 Å². The van der Waals surface area contributed by atoms with Crippen LogP contribution in [0.4, 0.5) is 0 Å². The number of hydrogen-bond acceptors (Lipinski definition) is 4. The lowest BCUT2D eigenvalue weighted by Gasteiger charge is -2.24. The molecular formula is C21H29N3O3. The summed E-state index contributed by atoms with van der Waals surface area (Å²) in [4.78, 5) is 14.8. The maximum Gasteiger partial charge on any atom is 0.228 e. The second-order valence-electron chi connectivity index (χ2n) is 7.31. The summed E-state index contributed by atoms with van der Waals surface area (Å²) < 4.78 is 13.3. The van der Waals surface area contributed by atoms with Gasteiger partial charge in [-0.1, -0.05) is 12.1 Å². The fourth-order valence-corrected chi connectivity index (χ4v) is 3.45. The Morgan fingerprint density at radius 3 is 2.74 bits per heavy atom. The smallest absolute Gasteiger partial charge is 0.228 e. The summed E-state index contributed by atoms with van der Waals surface area (Å²) in [6, 6.07) is 8.18. The zero-order chi connectivity index (χ0) is 19.4. The van der Waals surface area contributed by atoms with Gasteiger partial charge in [-0.2, -0.15) is 5.10 Å². The molecule has 0 aliphatic carbocycles. The van der Waals surface area contributed by atoms with Crippen LogP contribution < -0.4 is 4.74 Å². The molecule has 0 bridgehead atoms. The van der Waals surface area contributed by atoms with Gasteiger partial charge in [-0.25, -0.2) is 0 Å². The molecule has 1 aliphatic rings. The number of aromatic nitrogens is 2. The van der Waals surface area contributed by atoms with Crippen LogP contribution in [0.3, 0.4) is 0 Å². The van der Waals surface area contributed by atoms with Crippen LogP contribution in [-0.2, 0) is 16.1 Å². The van der Waals surface area contributed by atoms with Gasteiger partial charge in [-0.3, -0.25) is 9.48 Å². The van der Waals surface area contributed by atoms with Crippen LogP contribution in [0.2, 0.25) is 0 Å². The molecule has 3 rings (SSSR count). The number of carbonyl (C=O) groups excluding carboxylic acids is 1. The lowest BCUT2D eigenvalue weighted by molar-refractivity contribution is -0.136. The maximum absolute atomic E-state index is 13.0. The molecule has 0 N–H and O–H groups in total. The van der Waals surface area contributed by atoms with Crippen LogP contribution in [-0.4, -0.2) is 40.8 Å². The van der Waals surface area contributed by atoms with Crippen molar-refractivity contribution in [2.24, 2.45) is 5.92 Å². The van der Waals surface area contributed by atoms with Crippen molar-refractivity contribution in [1.82, 2.24) is 14.7 Å². The van der Waals surface area contributed by atoms with Crippen molar-refractivity contribution in [3.63, 3.8) is 0 Å². The van der Waals surface area contributed by atoms with E-state index in [1.54, 1.807) is 4.90 Å². The predicted molar refractivity (Wildman–Crippen MR) is 103 cm³/mol. The van der Waals surface area contributed by atoms with Gasteiger partial charge in [0, 0.05) is 38.0 Å². The van der Waals surface area contributed by atoms with Crippen LogP contribution in [0.5, 0.6) is 5.75 Å². The van der Waals surface area contributed by atoms with Crippen LogP contribution in [0.1, 0.15) is 50.5 Å². The van der Waals surface area contributed by atoms with Crippen LogP contribution in [0.15, 0.2) is 36.7 Å². The Morgan fingerprint density at radius 1 is 1.37 bits per heavy atom. The minimum Gasteiger partial charge on any atom is -0.494 e. The average molecular weight is 371 g/mol. The van der Waals surface area contributed by atoms with Gasteiger partial charge in [0.05, 0.1) is 24.8 Å². The molecule has 146 valence electrons. The Hall–Kier alpha value is -2.34. The largest absolute Gasteiger partial charge is 0.494 e. The van der Waals surface area contributed by atoms with Gasteiger partial charge >= 0.3 is 0 Å². The third kappa shape index (κ3) is 4.50. The highest BCUT2D eigenvalue weighted by Gasteiger charge is 2.37. The van der Waals surface area contributed by atoms with E-state index in [4.69, 9.17) is 9.47 Å². The lowest BCUT2D eigenvalue weighted by Crippen LogP contribution is -2.33. The van der Waals surface area contributed by atoms with E-state index >= 15 is 0 Å². The summed E-state index contributed by atoms with van der Waals surface area (Å²) in [6.45, 7) is 7.95. The van der Waals surface area contributed by atoms with Crippen molar-refractivity contribution in [1.29, 1.82) is 0 Å². The van der Waals surface area contributed by atoms with E-state index in [2.05, 4.69) is 18.9 Å². The van der Waals surface area contributed by atoms with Gasteiger partial charge in [-0.05, 0) is 44.9 Å². The molecule has 27 heavy (non-hydrogen) atoms. The van der Waals surface area contributed by atoms with Crippen LogP contribution in [0, 0.1) is 5.92 Å². The normalized spacial score (nSPS) is 19.4. The number of rotatable bonds is 7. The Balaban J connectivity index is 1.65. The first-order valence-corrected chi connectivity index (χ1v) is 9.62. The van der Waals surface area contributed by atoms with Crippen LogP contribution >= 0.6 is 0 Å². The van der Waals surface area contributed by atoms with Crippen molar-refractivity contribution < 1.29 is 14.3 Å². The first kappa shape index (κ1) is 19.4. The number of hydrogen-bond donors (Lipinski definition) is 0. The van der Waals surface area contributed by atoms with E-state index in [1.165, 1.54) is 0 Å². The second-order valence-corrected chi connectivity index (χ2v) is 7.31. The minimum absolute atomic E-state index is 0.115. The molecule has 0 radical (unpaired) electrons. The number of amides is 1. The van der Waals surface area contributed by atoms with Gasteiger partial charge in [0.25, 0.3) is 0 Å². The quantitative estimate of drug-likeness (QED) is 0.746. The molecule has 2 heterocycles. The van der Waals surface area contributed by atoms with Gasteiger partial charge in [-0.15, -0.1) is 0 Å². The molecule has 2 aromatic rings. The Bertz CT molecular complexity index is 754. The fourth-order valence-electron chi connectivity index (χ4n) is 3.45. The molecule has 0 saturated carbocycles. The van der Waals surface area contributed by atoms with E-state index < -0.39 is 0 Å². The predicted octanol–water partition coefficient (Wildman–Crippen LogP) is 3.60. The summed E-state index contributed by atoms with van der Waals surface area (Å²) in [5, 5.41) is 4.39. The maximum atomic E-state index is 13.0. The molecule has 1 aliphatic heterocycles. The van der Waals surface area contributed by atoms with Crippen LogP contribution in [0.25, 0.3) is 0 Å². The second kappa shape index (κ2) is 8.57. The van der Waals surface area contributed by atoms with Gasteiger partial charge in [0.15, 0.2) is 0 Å². The molecule has 1 aromatic carbocycles. The summed E-state index contributed by atoms with van der Waals surface area (Å²) >= 11 is 0. The molecule has 1 amide bonds. The van der Waals surface area contributed by atoms with E-state index in [1.807, 2.05) is 55.3 Å². The van der Waals surface area contributed by atoms with Gasteiger partial charge < -0.3 is 14.4 Å². The Morgan fingerprint density at radius 2 is 2.11 bits per heavy atom. The van der Waals surface area contributed by atoms with E-state index in [0.717, 1.165) is 23.3 Å². The van der Waals surface area contributed by atoms with E-state index in [9.17, 15) is 4.79 Å². The zero-order valence-electron chi connectivity index (χ0n) is 16.6. The molecule has 1 aromatic heterocycles. The van der Waals surface area contributed by atoms with E-state index in [0.29, 0.717) is 19.8 Å². The number of nitrogens with zero attached hydrogens (tertiary/aromatic N) is 3. The average Bonchev–Trinajstić information content (AvgIpc) is 3.32. The summed E-state index contributed by atoms with van der Waals surface area (Å²) in [5.74, 6) is 0.799. The summed E-state index contributed by atoms with van der Waals surface area (Å²) in [5.41, 5.74) is 2.06. The topological polar surface area (TPSA) is 56.6 Å². The highest BCUT2D eigenvalue weighted by molar-refractivity contribution is 5.79. The monoisotopic (exact) mass is 371 g/mol. The number of carbonyl (C=O) groups is 1. The molecule has 1 saturated heterocycles. The lowest BCUT2D eigenvalue weighted by atomic mass is 9.95. The summed E-state index contributed by atoms with van der Waals surface area (Å²) in [7, 11) is 1.85. The zero-order valence-corrected chi connectivity index (χ0v) is 16.6. The third-order valence-corrected chi connectivity index (χ3v) is 4.92. The summed E-state index contributed by atoms with van der Waals surface area (Å²) in [6.07, 6.45) is 4.34. The highest BCUT2D eigenvalue weighted by Crippen LogP contribution is 2.36. The van der Waals surface area contributed by atoms with Gasteiger partial charge in [0.2, 0.25) is 5.91 Å². The molecule has 6 nitrogen and oxygen atoms in total. The standard InChI is InChI=1S/C21H29N3O3/c1-5-26-18-8-6-16(7-9-18)13-23(4)21(25)19-10-11-27-20(19)17-12-22-24(14-17)15(2)3/h6-9,12,14-15,19-20H,5,10-11,13H2,1-4H3/t19-,20+/m0/s1. The SMILES string of the molecule is CCOc1ccc(CN(C)C(=O)[C@H]2CCO[C@@H]2c2cnn(C(C)C)c2)cc1. The highest BCUT2D eigenvalue weighted by atomic mass is 16.5. The van der Waals surface area contributed by atoms with Crippen molar-refractivity contribution in [3.05, 3.63) is 47.8 Å². The number of benzene rings is 1. The third-order valence-electron chi connectivity index (χ3n) is 4.92. The molecular weight excluding hydrogens is 342 g/mol. The molecule has 1 fully saturated rings. The molecule has 2 atom stereocenters. The molecule has 6 heteroatoms. The van der Waals surface area contributed by atoms with Crippen molar-refractivity contribution in [2.45, 2.75) is 45.9 Å². The van der Waals surface area contributed by atoms with E-state index in [-0.39, 0.29) is 24.0 Å².